The zero-order valence-corrected chi connectivity index (χ0v) is 17.0. The Balaban J connectivity index is 0.00000225. The molecule has 1 aromatic heterocycles. The minimum atomic E-state index is 0. The third-order valence-electron chi connectivity index (χ3n) is 4.85. The maximum Gasteiger partial charge on any atom is 0.223 e. The average molecular weight is 419 g/mol. The van der Waals surface area contributed by atoms with E-state index in [2.05, 4.69) is 17.5 Å². The summed E-state index contributed by atoms with van der Waals surface area (Å²) in [6, 6.07) is 12.0. The van der Waals surface area contributed by atoms with E-state index >= 15 is 0 Å². The van der Waals surface area contributed by atoms with Gasteiger partial charge < -0.3 is 20.5 Å². The molecule has 5 nitrogen and oxygen atoms in total. The predicted molar refractivity (Wildman–Crippen MR) is 115 cm³/mol. The number of carbonyl (C=O) groups excluding carboxylic acids is 1. The number of thiophene rings is 1. The van der Waals surface area contributed by atoms with Gasteiger partial charge in [-0.15, -0.1) is 23.7 Å². The van der Waals surface area contributed by atoms with Crippen molar-refractivity contribution in [1.82, 2.24) is 4.90 Å². The molecular weight excluding hydrogens is 396 g/mol. The second kappa shape index (κ2) is 8.82. The van der Waals surface area contributed by atoms with Crippen LogP contribution in [0.4, 0.5) is 0 Å². The molecule has 1 aliphatic heterocycles. The van der Waals surface area contributed by atoms with E-state index in [9.17, 15) is 9.90 Å². The zero-order valence-electron chi connectivity index (χ0n) is 15.4. The largest absolute Gasteiger partial charge is 0.504 e. The Hall–Kier alpha value is -2.28. The van der Waals surface area contributed by atoms with E-state index < -0.39 is 0 Å². The van der Waals surface area contributed by atoms with Crippen molar-refractivity contribution in [3.63, 3.8) is 0 Å². The lowest BCUT2D eigenvalue weighted by molar-refractivity contribution is -0.132. The van der Waals surface area contributed by atoms with Gasteiger partial charge in [-0.2, -0.15) is 0 Å². The monoisotopic (exact) mass is 418 g/mol. The number of hydrogen-bond acceptors (Lipinski definition) is 5. The molecule has 7 heteroatoms. The average Bonchev–Trinajstić information content (AvgIpc) is 2.98. The third-order valence-corrected chi connectivity index (χ3v) is 5.82. The van der Waals surface area contributed by atoms with E-state index in [-0.39, 0.29) is 24.1 Å². The lowest BCUT2D eigenvalue weighted by Crippen LogP contribution is -2.32. The number of carbonyl (C=O) groups is 1. The van der Waals surface area contributed by atoms with Gasteiger partial charge in [0.1, 0.15) is 6.61 Å². The summed E-state index contributed by atoms with van der Waals surface area (Å²) in [5.74, 6) is 0.671. The van der Waals surface area contributed by atoms with E-state index in [0.717, 1.165) is 22.1 Å². The molecule has 0 saturated carbocycles. The highest BCUT2D eigenvalue weighted by Crippen LogP contribution is 2.41. The Bertz CT molecular complexity index is 989. The van der Waals surface area contributed by atoms with Crippen LogP contribution in [0.25, 0.3) is 21.2 Å². The molecule has 0 bridgehead atoms. The van der Waals surface area contributed by atoms with Crippen molar-refractivity contribution >= 4 is 39.7 Å². The summed E-state index contributed by atoms with van der Waals surface area (Å²) in [5, 5.41) is 13.8. The molecule has 2 aromatic carbocycles. The molecule has 1 aliphatic rings. The Kier molecular flexibility index (Phi) is 6.44. The van der Waals surface area contributed by atoms with E-state index in [1.807, 2.05) is 18.2 Å². The maximum absolute atomic E-state index is 12.4. The van der Waals surface area contributed by atoms with Crippen molar-refractivity contribution in [2.45, 2.75) is 19.4 Å². The van der Waals surface area contributed by atoms with Crippen LogP contribution >= 0.6 is 23.7 Å². The van der Waals surface area contributed by atoms with E-state index in [4.69, 9.17) is 10.5 Å². The molecular formula is C21H23ClN2O3S. The van der Waals surface area contributed by atoms with Gasteiger partial charge in [0.15, 0.2) is 11.5 Å². The normalized spacial score (nSPS) is 13.4. The van der Waals surface area contributed by atoms with Crippen LogP contribution in [-0.2, 0) is 11.3 Å². The first-order chi connectivity index (χ1) is 13.2. The topological polar surface area (TPSA) is 75.8 Å². The summed E-state index contributed by atoms with van der Waals surface area (Å²) < 4.78 is 6.96. The fourth-order valence-corrected chi connectivity index (χ4v) is 4.45. The van der Waals surface area contributed by atoms with Gasteiger partial charge in [0.2, 0.25) is 5.91 Å². The van der Waals surface area contributed by atoms with Gasteiger partial charge in [0, 0.05) is 34.2 Å². The van der Waals surface area contributed by atoms with Gasteiger partial charge in [-0.3, -0.25) is 4.79 Å². The minimum absolute atomic E-state index is 0. The number of halogens is 1. The van der Waals surface area contributed by atoms with Crippen molar-refractivity contribution in [3.05, 3.63) is 47.3 Å². The van der Waals surface area contributed by atoms with E-state index in [1.54, 1.807) is 22.3 Å². The van der Waals surface area contributed by atoms with Gasteiger partial charge in [-0.25, -0.2) is 0 Å². The quantitative estimate of drug-likeness (QED) is 0.667. The number of fused-ring (bicyclic) bond motifs is 2. The Labute approximate surface area is 174 Å². The number of hydrogen-bond donors (Lipinski definition) is 2. The summed E-state index contributed by atoms with van der Waals surface area (Å²) >= 11 is 1.68. The van der Waals surface area contributed by atoms with Crippen LogP contribution in [0.2, 0.25) is 0 Å². The van der Waals surface area contributed by atoms with E-state index in [0.29, 0.717) is 44.8 Å². The SMILES string of the molecule is Cl.NCCCC(=O)N1CCOc2c(O)cc(-c3csc4ccccc34)cc2C1. The molecule has 148 valence electrons. The van der Waals surface area contributed by atoms with Gasteiger partial charge in [-0.05, 0) is 42.1 Å². The van der Waals surface area contributed by atoms with Crippen molar-refractivity contribution in [2.75, 3.05) is 19.7 Å². The molecule has 3 N–H and O–H groups in total. The molecule has 0 spiro atoms. The second-order valence-electron chi connectivity index (χ2n) is 6.69. The predicted octanol–water partition coefficient (Wildman–Crippen LogP) is 4.16. The van der Waals surface area contributed by atoms with Gasteiger partial charge in [0.05, 0.1) is 6.54 Å². The number of rotatable bonds is 4. The molecule has 0 aliphatic carbocycles. The fourth-order valence-electron chi connectivity index (χ4n) is 3.48. The van der Waals surface area contributed by atoms with Gasteiger partial charge in [-0.1, -0.05) is 18.2 Å². The smallest absolute Gasteiger partial charge is 0.223 e. The number of nitrogens with zero attached hydrogens (tertiary/aromatic N) is 1. The minimum Gasteiger partial charge on any atom is -0.504 e. The number of ether oxygens (including phenoxy) is 1. The summed E-state index contributed by atoms with van der Waals surface area (Å²) in [6.07, 6.45) is 1.11. The van der Waals surface area contributed by atoms with Gasteiger partial charge in [0.25, 0.3) is 0 Å². The number of aromatic hydroxyl groups is 1. The van der Waals surface area contributed by atoms with Crippen molar-refractivity contribution in [2.24, 2.45) is 5.73 Å². The van der Waals surface area contributed by atoms with Crippen LogP contribution in [0.1, 0.15) is 18.4 Å². The number of phenols is 1. The molecule has 1 amide bonds. The van der Waals surface area contributed by atoms with Crippen LogP contribution in [0, 0.1) is 0 Å². The maximum atomic E-state index is 12.4. The lowest BCUT2D eigenvalue weighted by atomic mass is 10.0. The number of benzene rings is 2. The summed E-state index contributed by atoms with van der Waals surface area (Å²) in [4.78, 5) is 14.2. The van der Waals surface area contributed by atoms with Crippen LogP contribution in [0.15, 0.2) is 41.8 Å². The van der Waals surface area contributed by atoms with E-state index in [1.165, 1.54) is 4.70 Å². The lowest BCUT2D eigenvalue weighted by Gasteiger charge is -2.20. The number of amides is 1. The Morgan fingerprint density at radius 2 is 2.11 bits per heavy atom. The molecule has 0 radical (unpaired) electrons. The zero-order chi connectivity index (χ0) is 18.8. The second-order valence-corrected chi connectivity index (χ2v) is 7.60. The molecule has 4 rings (SSSR count). The third kappa shape index (κ3) is 3.94. The highest BCUT2D eigenvalue weighted by molar-refractivity contribution is 7.17. The molecule has 28 heavy (non-hydrogen) atoms. The molecule has 0 atom stereocenters. The molecule has 0 fully saturated rings. The molecule has 0 unspecified atom stereocenters. The molecule has 3 aromatic rings. The van der Waals surface area contributed by atoms with Crippen LogP contribution in [0.5, 0.6) is 11.5 Å². The van der Waals surface area contributed by atoms with Gasteiger partial charge >= 0.3 is 0 Å². The first-order valence-corrected chi connectivity index (χ1v) is 9.98. The first-order valence-electron chi connectivity index (χ1n) is 9.10. The first kappa shape index (κ1) is 20.5. The van der Waals surface area contributed by atoms with Crippen LogP contribution in [0.3, 0.4) is 0 Å². The number of nitrogens with two attached hydrogens (primary N) is 1. The molecule has 2 heterocycles. The highest BCUT2D eigenvalue weighted by Gasteiger charge is 2.23. The summed E-state index contributed by atoms with van der Waals surface area (Å²) in [6.45, 7) is 1.81. The summed E-state index contributed by atoms with van der Waals surface area (Å²) in [7, 11) is 0. The fraction of sp³-hybridized carbons (Fsp3) is 0.286. The number of phenolic OH excluding ortho intramolecular Hbond substituents is 1. The van der Waals surface area contributed by atoms with Crippen molar-refractivity contribution in [3.8, 4) is 22.6 Å². The van der Waals surface area contributed by atoms with Crippen LogP contribution in [-0.4, -0.2) is 35.6 Å². The summed E-state index contributed by atoms with van der Waals surface area (Å²) in [5.41, 5.74) is 8.37. The highest BCUT2D eigenvalue weighted by atomic mass is 35.5. The van der Waals surface area contributed by atoms with Crippen molar-refractivity contribution < 1.29 is 14.6 Å². The Morgan fingerprint density at radius 1 is 1.29 bits per heavy atom. The Morgan fingerprint density at radius 3 is 2.93 bits per heavy atom. The van der Waals surface area contributed by atoms with Crippen molar-refractivity contribution in [1.29, 1.82) is 0 Å². The van der Waals surface area contributed by atoms with Crippen LogP contribution < -0.4 is 10.5 Å². The standard InChI is InChI=1S/C21H22N2O3S.ClH/c22-7-3-6-20(25)23-8-9-26-21-15(12-23)10-14(11-18(21)24)17-13-27-19-5-2-1-4-16(17)19;/h1-2,4-5,10-11,13,24H,3,6-9,12,22H2;1H. The molecule has 0 saturated heterocycles.